The van der Waals surface area contributed by atoms with E-state index in [0.717, 1.165) is 0 Å². The fourth-order valence-electron chi connectivity index (χ4n) is 1.25. The van der Waals surface area contributed by atoms with Crippen LogP contribution in [0.2, 0.25) is 0 Å². The first kappa shape index (κ1) is 11.1. The molecular weight excluding hydrogens is 225 g/mol. The number of nitrogens with one attached hydrogen (secondary N) is 3. The molecule has 17 heavy (non-hydrogen) atoms. The molecule has 0 atom stereocenters. The monoisotopic (exact) mass is 235 g/mol. The largest absolute Gasteiger partial charge is 0.334 e. The summed E-state index contributed by atoms with van der Waals surface area (Å²) in [5, 5.41) is 11.1. The number of aromatic nitrogens is 3. The number of hydrogen-bond acceptors (Lipinski definition) is 3. The number of urea groups is 1. The van der Waals surface area contributed by atoms with Gasteiger partial charge in [0.05, 0.1) is 0 Å². The second kappa shape index (κ2) is 5.06. The summed E-state index contributed by atoms with van der Waals surface area (Å²) >= 11 is 0. The van der Waals surface area contributed by atoms with Crippen molar-refractivity contribution in [2.45, 2.75) is 6.54 Å². The lowest BCUT2D eigenvalue weighted by Crippen LogP contribution is -2.28. The molecule has 0 fully saturated rings. The molecule has 0 aliphatic carbocycles. The van der Waals surface area contributed by atoms with Crippen LogP contribution in [0.4, 0.5) is 15.1 Å². The van der Waals surface area contributed by atoms with E-state index in [1.54, 1.807) is 12.1 Å². The minimum atomic E-state index is -0.439. The van der Waals surface area contributed by atoms with E-state index in [1.807, 2.05) is 0 Å². The Labute approximate surface area is 96.3 Å². The second-order valence-corrected chi connectivity index (χ2v) is 3.27. The fourth-order valence-corrected chi connectivity index (χ4v) is 1.25. The second-order valence-electron chi connectivity index (χ2n) is 3.27. The van der Waals surface area contributed by atoms with Crippen LogP contribution in [0.3, 0.4) is 0 Å². The van der Waals surface area contributed by atoms with Crippen molar-refractivity contribution in [3.8, 4) is 0 Å². The van der Waals surface area contributed by atoms with E-state index in [4.69, 9.17) is 0 Å². The SMILES string of the molecule is O=C(NCc1cccc(F)c1)Nc1ncn[nH]1. The van der Waals surface area contributed by atoms with Crippen LogP contribution in [0, 0.1) is 5.82 Å². The van der Waals surface area contributed by atoms with Gasteiger partial charge < -0.3 is 5.32 Å². The van der Waals surface area contributed by atoms with Crippen LogP contribution in [0.1, 0.15) is 5.56 Å². The minimum absolute atomic E-state index is 0.234. The van der Waals surface area contributed by atoms with Crippen LogP contribution in [0.5, 0.6) is 0 Å². The zero-order valence-corrected chi connectivity index (χ0v) is 8.77. The number of aromatic amines is 1. The number of carbonyl (C=O) groups excluding carboxylic acids is 1. The minimum Gasteiger partial charge on any atom is -0.334 e. The topological polar surface area (TPSA) is 82.7 Å². The van der Waals surface area contributed by atoms with E-state index in [1.165, 1.54) is 18.5 Å². The Kier molecular flexibility index (Phi) is 3.29. The van der Waals surface area contributed by atoms with Gasteiger partial charge in [0, 0.05) is 6.54 Å². The van der Waals surface area contributed by atoms with Gasteiger partial charge in [-0.05, 0) is 17.7 Å². The van der Waals surface area contributed by atoms with E-state index in [-0.39, 0.29) is 18.3 Å². The summed E-state index contributed by atoms with van der Waals surface area (Å²) in [6.45, 7) is 0.234. The van der Waals surface area contributed by atoms with Crippen molar-refractivity contribution >= 4 is 12.0 Å². The Morgan fingerprint density at radius 3 is 3.06 bits per heavy atom. The molecule has 2 rings (SSSR count). The Bertz CT molecular complexity index is 499. The molecule has 0 radical (unpaired) electrons. The number of benzene rings is 1. The quantitative estimate of drug-likeness (QED) is 0.749. The molecule has 0 spiro atoms. The third kappa shape index (κ3) is 3.26. The highest BCUT2D eigenvalue weighted by Crippen LogP contribution is 2.02. The summed E-state index contributed by atoms with van der Waals surface area (Å²) in [5.74, 6) is -0.0818. The molecule has 0 aliphatic rings. The first-order valence-electron chi connectivity index (χ1n) is 4.89. The van der Waals surface area contributed by atoms with Gasteiger partial charge in [0.2, 0.25) is 5.95 Å². The number of hydrogen-bond donors (Lipinski definition) is 3. The molecule has 7 heteroatoms. The first-order valence-corrected chi connectivity index (χ1v) is 4.89. The van der Waals surface area contributed by atoms with Gasteiger partial charge in [0.15, 0.2) is 0 Å². The van der Waals surface area contributed by atoms with Gasteiger partial charge in [0.1, 0.15) is 12.1 Å². The third-order valence-electron chi connectivity index (χ3n) is 1.99. The van der Waals surface area contributed by atoms with E-state index >= 15 is 0 Å². The van der Waals surface area contributed by atoms with Gasteiger partial charge in [-0.3, -0.25) is 5.32 Å². The number of amides is 2. The van der Waals surface area contributed by atoms with Crippen molar-refractivity contribution < 1.29 is 9.18 Å². The summed E-state index contributed by atoms with van der Waals surface area (Å²) in [5.41, 5.74) is 0.678. The molecular formula is C10H10FN5O. The van der Waals surface area contributed by atoms with Crippen molar-refractivity contribution in [1.29, 1.82) is 0 Å². The first-order chi connectivity index (χ1) is 8.24. The summed E-state index contributed by atoms with van der Waals surface area (Å²) in [7, 11) is 0. The van der Waals surface area contributed by atoms with Crippen LogP contribution in [-0.4, -0.2) is 21.2 Å². The molecule has 3 N–H and O–H groups in total. The average Bonchev–Trinajstić information content (AvgIpc) is 2.79. The van der Waals surface area contributed by atoms with Gasteiger partial charge in [-0.2, -0.15) is 10.1 Å². The maximum absolute atomic E-state index is 12.8. The third-order valence-corrected chi connectivity index (χ3v) is 1.99. The van der Waals surface area contributed by atoms with Crippen molar-refractivity contribution in [2.24, 2.45) is 0 Å². The van der Waals surface area contributed by atoms with Crippen molar-refractivity contribution in [3.63, 3.8) is 0 Å². The maximum atomic E-state index is 12.8. The molecule has 88 valence electrons. The smallest absolute Gasteiger partial charge is 0.321 e. The molecule has 0 saturated heterocycles. The average molecular weight is 235 g/mol. The Balaban J connectivity index is 1.84. The van der Waals surface area contributed by atoms with E-state index in [2.05, 4.69) is 25.8 Å². The number of carbonyl (C=O) groups is 1. The predicted molar refractivity (Wildman–Crippen MR) is 58.6 cm³/mol. The Morgan fingerprint density at radius 2 is 2.35 bits per heavy atom. The molecule has 6 nitrogen and oxygen atoms in total. The van der Waals surface area contributed by atoms with Crippen molar-refractivity contribution in [1.82, 2.24) is 20.5 Å². The molecule has 0 saturated carbocycles. The van der Waals surface area contributed by atoms with Crippen molar-refractivity contribution in [2.75, 3.05) is 5.32 Å². The Hall–Kier alpha value is -2.44. The van der Waals surface area contributed by atoms with Crippen LogP contribution in [0.25, 0.3) is 0 Å². The van der Waals surface area contributed by atoms with Gasteiger partial charge in [-0.25, -0.2) is 14.3 Å². The lowest BCUT2D eigenvalue weighted by atomic mass is 10.2. The van der Waals surface area contributed by atoms with E-state index in [9.17, 15) is 9.18 Å². The molecule has 0 unspecified atom stereocenters. The van der Waals surface area contributed by atoms with Crippen LogP contribution < -0.4 is 10.6 Å². The standard InChI is InChI=1S/C10H10FN5O/c11-8-3-1-2-7(4-8)5-12-10(17)15-9-13-6-14-16-9/h1-4,6H,5H2,(H3,12,13,14,15,16,17). The molecule has 0 aliphatic heterocycles. The normalized spacial score (nSPS) is 9.94. The highest BCUT2D eigenvalue weighted by molar-refractivity contribution is 5.87. The molecule has 0 bridgehead atoms. The summed E-state index contributed by atoms with van der Waals surface area (Å²) < 4.78 is 12.8. The van der Waals surface area contributed by atoms with Crippen LogP contribution in [-0.2, 0) is 6.54 Å². The molecule has 2 amide bonds. The maximum Gasteiger partial charge on any atom is 0.321 e. The lowest BCUT2D eigenvalue weighted by Gasteiger charge is -2.05. The molecule has 1 aromatic carbocycles. The summed E-state index contributed by atoms with van der Waals surface area (Å²) in [4.78, 5) is 15.1. The number of rotatable bonds is 3. The molecule has 2 aromatic rings. The zero-order chi connectivity index (χ0) is 12.1. The molecule has 1 heterocycles. The summed E-state index contributed by atoms with van der Waals surface area (Å²) in [6.07, 6.45) is 1.28. The van der Waals surface area contributed by atoms with Crippen molar-refractivity contribution in [3.05, 3.63) is 42.0 Å². The molecule has 1 aromatic heterocycles. The van der Waals surface area contributed by atoms with E-state index < -0.39 is 6.03 Å². The number of H-pyrrole nitrogens is 1. The van der Waals surface area contributed by atoms with Crippen LogP contribution >= 0.6 is 0 Å². The highest BCUT2D eigenvalue weighted by atomic mass is 19.1. The zero-order valence-electron chi connectivity index (χ0n) is 8.77. The Morgan fingerprint density at radius 1 is 1.47 bits per heavy atom. The fraction of sp³-hybridized carbons (Fsp3) is 0.100. The number of nitrogens with zero attached hydrogens (tertiary/aromatic N) is 2. The number of anilines is 1. The highest BCUT2D eigenvalue weighted by Gasteiger charge is 2.03. The van der Waals surface area contributed by atoms with Crippen LogP contribution in [0.15, 0.2) is 30.6 Å². The van der Waals surface area contributed by atoms with E-state index in [0.29, 0.717) is 5.56 Å². The van der Waals surface area contributed by atoms with Gasteiger partial charge in [-0.1, -0.05) is 12.1 Å². The number of halogens is 1. The predicted octanol–water partition coefficient (Wildman–Crippen LogP) is 1.27. The van der Waals surface area contributed by atoms with Gasteiger partial charge in [-0.15, -0.1) is 0 Å². The van der Waals surface area contributed by atoms with Gasteiger partial charge >= 0.3 is 6.03 Å². The van der Waals surface area contributed by atoms with Gasteiger partial charge in [0.25, 0.3) is 0 Å². The summed E-state index contributed by atoms with van der Waals surface area (Å²) in [6, 6.07) is 5.57. The lowest BCUT2D eigenvalue weighted by molar-refractivity contribution is 0.251.